The summed E-state index contributed by atoms with van der Waals surface area (Å²) in [4.78, 5) is 24.7. The number of carboxylic acids is 1. The maximum absolute atomic E-state index is 12.1. The summed E-state index contributed by atoms with van der Waals surface area (Å²) in [5.41, 5.74) is 0. The third kappa shape index (κ3) is 5.85. The Balaban J connectivity index is 2.25. The molecule has 110 valence electrons. The van der Waals surface area contributed by atoms with Crippen LogP contribution in [0, 0.1) is 0 Å². The molecule has 4 nitrogen and oxygen atoms in total. The Hall–Kier alpha value is -0.710. The second-order valence-corrected chi connectivity index (χ2v) is 6.18. The maximum atomic E-state index is 12.1. The molecule has 0 aromatic heterocycles. The van der Waals surface area contributed by atoms with Gasteiger partial charge in [-0.15, -0.1) is 0 Å². The van der Waals surface area contributed by atoms with Crippen LogP contribution in [0.1, 0.15) is 51.9 Å². The number of carbonyl (C=O) groups excluding carboxylic acids is 1. The number of rotatable bonds is 8. The van der Waals surface area contributed by atoms with Gasteiger partial charge in [0, 0.05) is 24.5 Å². The number of aliphatic carboxylic acids is 1. The molecule has 1 aliphatic rings. The van der Waals surface area contributed by atoms with Crippen LogP contribution in [0.3, 0.4) is 0 Å². The summed E-state index contributed by atoms with van der Waals surface area (Å²) in [5.74, 6) is 0.524. The number of hydrogen-bond acceptors (Lipinski definition) is 3. The lowest BCUT2D eigenvalue weighted by Gasteiger charge is -2.32. The van der Waals surface area contributed by atoms with Crippen molar-refractivity contribution in [3.05, 3.63) is 0 Å². The van der Waals surface area contributed by atoms with Crippen LogP contribution in [0.5, 0.6) is 0 Å². The number of nitrogens with zero attached hydrogens (tertiary/aromatic N) is 1. The Morgan fingerprint density at radius 1 is 1.21 bits per heavy atom. The fourth-order valence-electron chi connectivity index (χ4n) is 2.31. The first-order valence-electron chi connectivity index (χ1n) is 7.26. The number of unbranched alkanes of at least 4 members (excludes halogenated alkanes) is 5. The van der Waals surface area contributed by atoms with Crippen LogP contribution in [0.4, 0.5) is 0 Å². The van der Waals surface area contributed by atoms with Crippen LogP contribution in [-0.4, -0.2) is 46.0 Å². The summed E-state index contributed by atoms with van der Waals surface area (Å²) in [6.45, 7) is 2.76. The Kier molecular flexibility index (Phi) is 7.94. The average Bonchev–Trinajstić information content (AvgIpc) is 2.42. The maximum Gasteiger partial charge on any atom is 0.327 e. The topological polar surface area (TPSA) is 57.6 Å². The Bertz CT molecular complexity index is 296. The van der Waals surface area contributed by atoms with Crippen LogP contribution in [0.15, 0.2) is 0 Å². The van der Waals surface area contributed by atoms with E-state index < -0.39 is 12.0 Å². The molecule has 1 aliphatic heterocycles. The second-order valence-electron chi connectivity index (χ2n) is 5.03. The zero-order valence-electron chi connectivity index (χ0n) is 11.8. The summed E-state index contributed by atoms with van der Waals surface area (Å²) in [6, 6.07) is -0.619. The zero-order chi connectivity index (χ0) is 14.1. The van der Waals surface area contributed by atoms with Crippen LogP contribution < -0.4 is 0 Å². The first-order valence-corrected chi connectivity index (χ1v) is 8.42. The minimum atomic E-state index is -0.872. The van der Waals surface area contributed by atoms with Crippen molar-refractivity contribution in [2.75, 3.05) is 18.1 Å². The molecule has 5 heteroatoms. The van der Waals surface area contributed by atoms with E-state index in [9.17, 15) is 9.59 Å². The molecule has 0 aliphatic carbocycles. The minimum Gasteiger partial charge on any atom is -0.480 e. The van der Waals surface area contributed by atoms with Gasteiger partial charge in [0.1, 0.15) is 6.04 Å². The van der Waals surface area contributed by atoms with Crippen molar-refractivity contribution in [1.29, 1.82) is 0 Å². The summed E-state index contributed by atoms with van der Waals surface area (Å²) in [7, 11) is 0. The van der Waals surface area contributed by atoms with Crippen molar-refractivity contribution < 1.29 is 14.7 Å². The molecule has 0 radical (unpaired) electrons. The van der Waals surface area contributed by atoms with E-state index in [-0.39, 0.29) is 5.91 Å². The van der Waals surface area contributed by atoms with E-state index in [2.05, 4.69) is 6.92 Å². The van der Waals surface area contributed by atoms with E-state index in [4.69, 9.17) is 5.11 Å². The molecule has 1 amide bonds. The summed E-state index contributed by atoms with van der Waals surface area (Å²) < 4.78 is 0. The van der Waals surface area contributed by atoms with Gasteiger partial charge >= 0.3 is 5.97 Å². The van der Waals surface area contributed by atoms with E-state index in [1.165, 1.54) is 25.7 Å². The molecular weight excluding hydrogens is 262 g/mol. The van der Waals surface area contributed by atoms with E-state index in [0.717, 1.165) is 18.6 Å². The molecule has 1 heterocycles. The number of thioether (sulfide) groups is 1. The molecule has 1 unspecified atom stereocenters. The fraction of sp³-hybridized carbons (Fsp3) is 0.857. The van der Waals surface area contributed by atoms with E-state index in [1.807, 2.05) is 0 Å². The van der Waals surface area contributed by atoms with Gasteiger partial charge in [-0.2, -0.15) is 11.8 Å². The molecule has 1 saturated heterocycles. The fourth-order valence-corrected chi connectivity index (χ4v) is 3.35. The lowest BCUT2D eigenvalue weighted by Crippen LogP contribution is -2.50. The molecule has 1 atom stereocenters. The predicted molar refractivity (Wildman–Crippen MR) is 78.5 cm³/mol. The molecule has 1 fully saturated rings. The summed E-state index contributed by atoms with van der Waals surface area (Å²) in [5, 5.41) is 9.12. The molecule has 0 aromatic carbocycles. The molecule has 0 spiro atoms. The van der Waals surface area contributed by atoms with Gasteiger partial charge < -0.3 is 10.0 Å². The average molecular weight is 287 g/mol. The third-order valence-electron chi connectivity index (χ3n) is 3.48. The zero-order valence-corrected chi connectivity index (χ0v) is 12.6. The number of hydrogen-bond donors (Lipinski definition) is 1. The van der Waals surface area contributed by atoms with Crippen LogP contribution in [0.2, 0.25) is 0 Å². The molecule has 0 saturated carbocycles. The van der Waals surface area contributed by atoms with Gasteiger partial charge in [0.2, 0.25) is 5.91 Å². The van der Waals surface area contributed by atoms with E-state index in [1.54, 1.807) is 16.7 Å². The van der Waals surface area contributed by atoms with Gasteiger partial charge in [-0.3, -0.25) is 4.79 Å². The van der Waals surface area contributed by atoms with Crippen molar-refractivity contribution in [3.8, 4) is 0 Å². The van der Waals surface area contributed by atoms with Crippen molar-refractivity contribution in [1.82, 2.24) is 4.90 Å². The molecule has 0 aromatic rings. The number of carbonyl (C=O) groups is 2. The van der Waals surface area contributed by atoms with Gasteiger partial charge in [0.25, 0.3) is 0 Å². The van der Waals surface area contributed by atoms with Crippen molar-refractivity contribution >= 4 is 23.6 Å². The molecule has 0 bridgehead atoms. The second kappa shape index (κ2) is 9.23. The van der Waals surface area contributed by atoms with E-state index in [0.29, 0.717) is 18.7 Å². The van der Waals surface area contributed by atoms with Crippen molar-refractivity contribution in [3.63, 3.8) is 0 Å². The van der Waals surface area contributed by atoms with Gasteiger partial charge in [0.15, 0.2) is 0 Å². The van der Waals surface area contributed by atoms with Gasteiger partial charge in [-0.05, 0) is 6.42 Å². The summed E-state index contributed by atoms with van der Waals surface area (Å²) >= 11 is 1.62. The van der Waals surface area contributed by atoms with Crippen LogP contribution >= 0.6 is 11.8 Å². The Labute approximate surface area is 119 Å². The van der Waals surface area contributed by atoms with Crippen molar-refractivity contribution in [2.24, 2.45) is 0 Å². The van der Waals surface area contributed by atoms with Crippen LogP contribution in [0.25, 0.3) is 0 Å². The van der Waals surface area contributed by atoms with Gasteiger partial charge in [-0.25, -0.2) is 4.79 Å². The Morgan fingerprint density at radius 3 is 2.58 bits per heavy atom. The molecule has 1 rings (SSSR count). The van der Waals surface area contributed by atoms with Crippen molar-refractivity contribution in [2.45, 2.75) is 57.9 Å². The van der Waals surface area contributed by atoms with E-state index >= 15 is 0 Å². The third-order valence-corrected chi connectivity index (χ3v) is 4.50. The first kappa shape index (κ1) is 16.3. The molecular formula is C14H25NO3S. The highest BCUT2D eigenvalue weighted by Gasteiger charge is 2.31. The van der Waals surface area contributed by atoms with Gasteiger partial charge in [0.05, 0.1) is 0 Å². The highest BCUT2D eigenvalue weighted by atomic mass is 32.2. The minimum absolute atomic E-state index is 0.0168. The normalized spacial score (nSPS) is 19.4. The van der Waals surface area contributed by atoms with Gasteiger partial charge in [-0.1, -0.05) is 39.0 Å². The smallest absolute Gasteiger partial charge is 0.327 e. The number of carboxylic acid groups (broad SMARTS) is 1. The van der Waals surface area contributed by atoms with Crippen LogP contribution in [-0.2, 0) is 9.59 Å². The highest BCUT2D eigenvalue weighted by molar-refractivity contribution is 7.99. The lowest BCUT2D eigenvalue weighted by atomic mass is 10.1. The SMILES string of the molecule is CCCCCCCCC(=O)N1CCSCC1C(=O)O. The Morgan fingerprint density at radius 2 is 1.89 bits per heavy atom. The summed E-state index contributed by atoms with van der Waals surface area (Å²) in [6.07, 6.45) is 7.37. The predicted octanol–water partition coefficient (Wildman–Crippen LogP) is 2.77. The lowest BCUT2D eigenvalue weighted by molar-refractivity contribution is -0.149. The largest absolute Gasteiger partial charge is 0.480 e. The molecule has 19 heavy (non-hydrogen) atoms. The first-order chi connectivity index (χ1) is 9.16. The number of amides is 1. The standard InChI is InChI=1S/C14H25NO3S/c1-2-3-4-5-6-7-8-13(16)15-9-10-19-11-12(15)14(17)18/h12H,2-11H2,1H3,(H,17,18). The quantitative estimate of drug-likeness (QED) is 0.697. The monoisotopic (exact) mass is 287 g/mol. The highest BCUT2D eigenvalue weighted by Crippen LogP contribution is 2.18. The molecule has 1 N–H and O–H groups in total.